The van der Waals surface area contributed by atoms with E-state index >= 15 is 0 Å². The van der Waals surface area contributed by atoms with Crippen molar-refractivity contribution in [2.45, 2.75) is 0 Å². The van der Waals surface area contributed by atoms with Crippen molar-refractivity contribution < 1.29 is 19.4 Å². The second kappa shape index (κ2) is 6.52. The molecular formula is C14H11N3O6. The van der Waals surface area contributed by atoms with Gasteiger partial charge < -0.3 is 10.1 Å². The van der Waals surface area contributed by atoms with Gasteiger partial charge in [-0.1, -0.05) is 12.1 Å². The SMILES string of the molecule is COc1ccccc1C(=O)Nc1ccc([N+](=O)[O-])cc1[N+](=O)[O-]. The fourth-order valence-electron chi connectivity index (χ4n) is 1.91. The van der Waals surface area contributed by atoms with Crippen LogP contribution in [0.15, 0.2) is 42.5 Å². The molecule has 1 N–H and O–H groups in total. The Morgan fingerprint density at radius 1 is 1.09 bits per heavy atom. The Balaban J connectivity index is 2.37. The lowest BCUT2D eigenvalue weighted by Gasteiger charge is -2.09. The second-order valence-corrected chi connectivity index (χ2v) is 4.37. The highest BCUT2D eigenvalue weighted by molar-refractivity contribution is 6.07. The Labute approximate surface area is 129 Å². The molecule has 0 radical (unpaired) electrons. The maximum Gasteiger partial charge on any atom is 0.299 e. The number of rotatable bonds is 5. The zero-order valence-electron chi connectivity index (χ0n) is 11.9. The van der Waals surface area contributed by atoms with Crippen LogP contribution in [0.1, 0.15) is 10.4 Å². The predicted molar refractivity (Wildman–Crippen MR) is 80.7 cm³/mol. The van der Waals surface area contributed by atoms with E-state index in [0.717, 1.165) is 18.2 Å². The van der Waals surface area contributed by atoms with E-state index in [9.17, 15) is 25.0 Å². The van der Waals surface area contributed by atoms with Crippen molar-refractivity contribution in [1.29, 1.82) is 0 Å². The highest BCUT2D eigenvalue weighted by Crippen LogP contribution is 2.30. The van der Waals surface area contributed by atoms with Gasteiger partial charge in [0.25, 0.3) is 17.3 Å². The Kier molecular flexibility index (Phi) is 4.50. The first kappa shape index (κ1) is 15.9. The van der Waals surface area contributed by atoms with Crippen LogP contribution in [-0.4, -0.2) is 22.9 Å². The van der Waals surface area contributed by atoms with Gasteiger partial charge in [0.15, 0.2) is 0 Å². The number of amides is 1. The molecule has 0 saturated heterocycles. The normalized spacial score (nSPS) is 9.96. The van der Waals surface area contributed by atoms with Gasteiger partial charge in [-0.2, -0.15) is 0 Å². The summed E-state index contributed by atoms with van der Waals surface area (Å²) in [5.74, 6) is -0.325. The van der Waals surface area contributed by atoms with Gasteiger partial charge in [0.2, 0.25) is 0 Å². The monoisotopic (exact) mass is 317 g/mol. The minimum absolute atomic E-state index is 0.142. The summed E-state index contributed by atoms with van der Waals surface area (Å²) in [5, 5.41) is 24.1. The highest BCUT2D eigenvalue weighted by atomic mass is 16.6. The van der Waals surface area contributed by atoms with Gasteiger partial charge in [0, 0.05) is 6.07 Å². The Hall–Kier alpha value is -3.49. The van der Waals surface area contributed by atoms with Gasteiger partial charge in [-0.25, -0.2) is 0 Å². The van der Waals surface area contributed by atoms with Gasteiger partial charge in [0.05, 0.1) is 28.6 Å². The summed E-state index contributed by atoms with van der Waals surface area (Å²) in [6.45, 7) is 0. The molecule has 0 saturated carbocycles. The molecular weight excluding hydrogens is 306 g/mol. The number of hydrogen-bond acceptors (Lipinski definition) is 6. The number of anilines is 1. The third kappa shape index (κ3) is 3.40. The van der Waals surface area contributed by atoms with Crippen molar-refractivity contribution in [3.63, 3.8) is 0 Å². The number of nitrogens with one attached hydrogen (secondary N) is 1. The minimum atomic E-state index is -0.801. The Morgan fingerprint density at radius 3 is 2.39 bits per heavy atom. The number of hydrogen-bond donors (Lipinski definition) is 1. The predicted octanol–water partition coefficient (Wildman–Crippen LogP) is 2.76. The number of methoxy groups -OCH3 is 1. The zero-order chi connectivity index (χ0) is 17.0. The van der Waals surface area contributed by atoms with Gasteiger partial charge in [-0.15, -0.1) is 0 Å². The van der Waals surface area contributed by atoms with Crippen molar-refractivity contribution in [3.05, 3.63) is 68.3 Å². The van der Waals surface area contributed by atoms with Gasteiger partial charge >= 0.3 is 0 Å². The topological polar surface area (TPSA) is 125 Å². The van der Waals surface area contributed by atoms with Gasteiger partial charge in [-0.05, 0) is 18.2 Å². The number of nitro groups is 2. The number of ether oxygens (including phenoxy) is 1. The number of nitro benzene ring substituents is 2. The average Bonchev–Trinajstić information content (AvgIpc) is 2.54. The molecule has 2 aromatic carbocycles. The summed E-state index contributed by atoms with van der Waals surface area (Å²) in [7, 11) is 1.39. The fraction of sp³-hybridized carbons (Fsp3) is 0.0714. The van der Waals surface area contributed by atoms with Crippen molar-refractivity contribution in [2.24, 2.45) is 0 Å². The van der Waals surface area contributed by atoms with E-state index in [1.165, 1.54) is 13.2 Å². The first-order valence-electron chi connectivity index (χ1n) is 6.31. The molecule has 2 rings (SSSR count). The number of nitrogens with zero attached hydrogens (tertiary/aromatic N) is 2. The molecule has 23 heavy (non-hydrogen) atoms. The maximum absolute atomic E-state index is 12.2. The van der Waals surface area contributed by atoms with E-state index < -0.39 is 27.1 Å². The molecule has 1 amide bonds. The van der Waals surface area contributed by atoms with E-state index in [-0.39, 0.29) is 11.3 Å². The van der Waals surface area contributed by atoms with Crippen molar-refractivity contribution in [3.8, 4) is 5.75 Å². The van der Waals surface area contributed by atoms with Crippen LogP contribution in [0, 0.1) is 20.2 Å². The quantitative estimate of drug-likeness (QED) is 0.667. The molecule has 0 aliphatic rings. The van der Waals surface area contributed by atoms with Crippen LogP contribution >= 0.6 is 0 Å². The van der Waals surface area contributed by atoms with Crippen LogP contribution in [0.5, 0.6) is 5.75 Å². The molecule has 0 unspecified atom stereocenters. The standard InChI is InChI=1S/C14H11N3O6/c1-23-13-5-3-2-4-10(13)14(18)15-11-7-6-9(16(19)20)8-12(11)17(21)22/h2-8H,1H3,(H,15,18). The zero-order valence-corrected chi connectivity index (χ0v) is 11.9. The van der Waals surface area contributed by atoms with Crippen LogP contribution in [-0.2, 0) is 0 Å². The molecule has 0 aromatic heterocycles. The van der Waals surface area contributed by atoms with Crippen LogP contribution in [0.25, 0.3) is 0 Å². The number of non-ortho nitro benzene ring substituents is 1. The molecule has 9 heteroatoms. The minimum Gasteiger partial charge on any atom is -0.496 e. The van der Waals surface area contributed by atoms with Gasteiger partial charge in [-0.3, -0.25) is 25.0 Å². The van der Waals surface area contributed by atoms with E-state index in [1.807, 2.05) is 0 Å². The van der Waals surface area contributed by atoms with E-state index in [4.69, 9.17) is 4.74 Å². The largest absolute Gasteiger partial charge is 0.496 e. The Morgan fingerprint density at radius 2 is 1.78 bits per heavy atom. The smallest absolute Gasteiger partial charge is 0.299 e. The van der Waals surface area contributed by atoms with Gasteiger partial charge in [0.1, 0.15) is 11.4 Å². The lowest BCUT2D eigenvalue weighted by atomic mass is 10.1. The maximum atomic E-state index is 12.2. The molecule has 0 heterocycles. The number of carbonyl (C=O) groups is 1. The second-order valence-electron chi connectivity index (χ2n) is 4.37. The summed E-state index contributed by atoms with van der Waals surface area (Å²) in [4.78, 5) is 32.4. The first-order valence-corrected chi connectivity index (χ1v) is 6.31. The molecule has 0 fully saturated rings. The fourth-order valence-corrected chi connectivity index (χ4v) is 1.91. The molecule has 0 bridgehead atoms. The summed E-state index contributed by atoms with van der Waals surface area (Å²) in [6, 6.07) is 9.32. The van der Waals surface area contributed by atoms with E-state index in [1.54, 1.807) is 18.2 Å². The van der Waals surface area contributed by atoms with Crippen LogP contribution in [0.3, 0.4) is 0 Å². The summed E-state index contributed by atoms with van der Waals surface area (Å²) < 4.78 is 5.05. The Bertz CT molecular complexity index is 790. The summed E-state index contributed by atoms with van der Waals surface area (Å²) in [5.41, 5.74) is -0.964. The number of carbonyl (C=O) groups excluding carboxylic acids is 1. The molecule has 0 aliphatic carbocycles. The molecule has 118 valence electrons. The third-order valence-electron chi connectivity index (χ3n) is 2.99. The highest BCUT2D eigenvalue weighted by Gasteiger charge is 2.22. The van der Waals surface area contributed by atoms with E-state index in [0.29, 0.717) is 5.75 Å². The van der Waals surface area contributed by atoms with Crippen LogP contribution in [0.4, 0.5) is 17.1 Å². The molecule has 0 aliphatic heterocycles. The summed E-state index contributed by atoms with van der Waals surface area (Å²) >= 11 is 0. The number of para-hydroxylation sites is 1. The van der Waals surface area contributed by atoms with Crippen LogP contribution in [0.2, 0.25) is 0 Å². The molecule has 9 nitrogen and oxygen atoms in total. The number of benzene rings is 2. The molecule has 0 atom stereocenters. The van der Waals surface area contributed by atoms with Crippen molar-refractivity contribution in [1.82, 2.24) is 0 Å². The van der Waals surface area contributed by atoms with Crippen LogP contribution < -0.4 is 10.1 Å². The van der Waals surface area contributed by atoms with Crippen molar-refractivity contribution >= 4 is 23.0 Å². The average molecular weight is 317 g/mol. The first-order chi connectivity index (χ1) is 10.9. The molecule has 0 spiro atoms. The molecule has 2 aromatic rings. The third-order valence-corrected chi connectivity index (χ3v) is 2.99. The lowest BCUT2D eigenvalue weighted by Crippen LogP contribution is -2.14. The van der Waals surface area contributed by atoms with Crippen molar-refractivity contribution in [2.75, 3.05) is 12.4 Å². The lowest BCUT2D eigenvalue weighted by molar-refractivity contribution is -0.393. The van der Waals surface area contributed by atoms with E-state index in [2.05, 4.69) is 5.32 Å². The summed E-state index contributed by atoms with van der Waals surface area (Å²) in [6.07, 6.45) is 0.